The molecule has 0 saturated carbocycles. The Bertz CT molecular complexity index is 1090. The van der Waals surface area contributed by atoms with Crippen LogP contribution < -0.4 is 0 Å². The van der Waals surface area contributed by atoms with E-state index in [2.05, 4.69) is 0 Å². The van der Waals surface area contributed by atoms with E-state index >= 15 is 0 Å². The molecule has 0 bridgehead atoms. The molecule has 1 N–H and O–H groups in total. The Balaban J connectivity index is 1.95. The summed E-state index contributed by atoms with van der Waals surface area (Å²) in [5.41, 5.74) is -4.97. The summed E-state index contributed by atoms with van der Waals surface area (Å²) in [7, 11) is 0. The molecular formula is C28H38O10. The Morgan fingerprint density at radius 3 is 2.34 bits per heavy atom. The molecule has 38 heavy (non-hydrogen) atoms. The Kier molecular flexibility index (Phi) is 7.06. The summed E-state index contributed by atoms with van der Waals surface area (Å²) in [4.78, 5) is 50.3. The molecule has 2 aliphatic heterocycles. The number of carbonyl (C=O) groups excluding carboxylic acids is 4. The lowest BCUT2D eigenvalue weighted by Gasteiger charge is -2.55. The van der Waals surface area contributed by atoms with E-state index in [1.165, 1.54) is 20.8 Å². The minimum Gasteiger partial charge on any atom is -0.462 e. The molecule has 4 aliphatic rings. The average Bonchev–Trinajstić information content (AvgIpc) is 3.38. The van der Waals surface area contributed by atoms with Gasteiger partial charge in [0.05, 0.1) is 0 Å². The van der Waals surface area contributed by atoms with E-state index in [9.17, 15) is 24.3 Å². The normalized spacial score (nSPS) is 44.8. The lowest BCUT2D eigenvalue weighted by Crippen LogP contribution is -2.67. The van der Waals surface area contributed by atoms with Crippen LogP contribution in [0.2, 0.25) is 0 Å². The number of rotatable bonds is 5. The summed E-state index contributed by atoms with van der Waals surface area (Å²) in [6.45, 7) is 11.1. The molecule has 0 unspecified atom stereocenters. The van der Waals surface area contributed by atoms with Gasteiger partial charge in [0.1, 0.15) is 23.9 Å². The summed E-state index contributed by atoms with van der Waals surface area (Å²) >= 11 is 0. The van der Waals surface area contributed by atoms with Gasteiger partial charge < -0.3 is 28.8 Å². The van der Waals surface area contributed by atoms with E-state index in [-0.39, 0.29) is 6.42 Å². The molecule has 0 aromatic rings. The largest absolute Gasteiger partial charge is 0.462 e. The van der Waals surface area contributed by atoms with Crippen LogP contribution in [0.25, 0.3) is 0 Å². The van der Waals surface area contributed by atoms with Crippen LogP contribution in [0.1, 0.15) is 74.1 Å². The number of fused-ring (bicyclic) bond motifs is 1. The third kappa shape index (κ3) is 4.25. The lowest BCUT2D eigenvalue weighted by molar-refractivity contribution is -0.219. The molecule has 9 atom stereocenters. The molecule has 2 fully saturated rings. The molecule has 4 rings (SSSR count). The Morgan fingerprint density at radius 1 is 1.11 bits per heavy atom. The number of carbonyl (C=O) groups is 4. The van der Waals surface area contributed by atoms with Crippen molar-refractivity contribution >= 4 is 23.9 Å². The number of esters is 4. The van der Waals surface area contributed by atoms with Gasteiger partial charge in [0.25, 0.3) is 0 Å². The van der Waals surface area contributed by atoms with Gasteiger partial charge in [0.15, 0.2) is 17.3 Å². The number of allylic oxidation sites excluding steroid dienone is 1. The Hall–Kier alpha value is -2.72. The SMILES string of the molecule is CCCC(=O)O[C@@H]1C=C[C@]2(C)[C@@H](OC(C)=O)CC/C(C)=C\[C@@H]3OC(=O)[C@]4(C)O[C@]34[C@H](OC(C)=O)[C@H]2[C@@]1(C)O. The van der Waals surface area contributed by atoms with Crippen molar-refractivity contribution in [2.75, 3.05) is 0 Å². The molecule has 2 heterocycles. The van der Waals surface area contributed by atoms with Crippen LogP contribution in [0.5, 0.6) is 0 Å². The molecular weight excluding hydrogens is 496 g/mol. The topological polar surface area (TPSA) is 138 Å². The molecule has 1 spiro atoms. The minimum atomic E-state index is -1.83. The molecule has 210 valence electrons. The summed E-state index contributed by atoms with van der Waals surface area (Å²) in [5.74, 6) is -3.30. The summed E-state index contributed by atoms with van der Waals surface area (Å²) in [6.07, 6.45) is 2.75. The first-order valence-electron chi connectivity index (χ1n) is 13.2. The van der Waals surface area contributed by atoms with Crippen molar-refractivity contribution in [3.63, 3.8) is 0 Å². The maximum atomic E-state index is 13.0. The minimum absolute atomic E-state index is 0.158. The van der Waals surface area contributed by atoms with Crippen molar-refractivity contribution < 1.29 is 48.0 Å². The highest BCUT2D eigenvalue weighted by Crippen LogP contribution is 2.65. The van der Waals surface area contributed by atoms with Gasteiger partial charge in [-0.05, 0) is 52.2 Å². The van der Waals surface area contributed by atoms with Gasteiger partial charge in [0, 0.05) is 31.6 Å². The molecule has 2 aliphatic carbocycles. The van der Waals surface area contributed by atoms with E-state index < -0.39 is 76.4 Å². The fourth-order valence-electron chi connectivity index (χ4n) is 6.69. The van der Waals surface area contributed by atoms with Crippen molar-refractivity contribution in [3.05, 3.63) is 23.8 Å². The van der Waals surface area contributed by atoms with Crippen molar-refractivity contribution in [1.29, 1.82) is 0 Å². The smallest absolute Gasteiger partial charge is 0.342 e. The first-order chi connectivity index (χ1) is 17.6. The van der Waals surface area contributed by atoms with Gasteiger partial charge >= 0.3 is 23.9 Å². The molecule has 0 aromatic carbocycles. The third-order valence-electron chi connectivity index (χ3n) is 8.60. The Labute approximate surface area is 222 Å². The standard InChI is InChI=1S/C28H38O10/c1-8-9-21(31)36-19-12-13-25(5)18(34-16(3)29)11-10-15(2)14-20-28(27(7,38-28)24(32)37-20)23(35-17(4)30)22(25)26(19,6)33/h12-14,18-20,22-23,33H,8-11H2,1-7H3/b15-14-/t18-,19+,20-,22+,23+,25+,26-,27-,28-/m0/s1. The summed E-state index contributed by atoms with van der Waals surface area (Å²) in [5, 5.41) is 12.2. The second-order valence-corrected chi connectivity index (χ2v) is 11.5. The van der Waals surface area contributed by atoms with Gasteiger partial charge in [-0.1, -0.05) is 25.5 Å². The van der Waals surface area contributed by atoms with Gasteiger partial charge in [-0.15, -0.1) is 0 Å². The van der Waals surface area contributed by atoms with E-state index in [4.69, 9.17) is 23.7 Å². The molecule has 10 heteroatoms. The Morgan fingerprint density at radius 2 is 1.76 bits per heavy atom. The van der Waals surface area contributed by atoms with E-state index in [1.54, 1.807) is 32.1 Å². The average molecular weight is 535 g/mol. The predicted octanol–water partition coefficient (Wildman–Crippen LogP) is 2.70. The van der Waals surface area contributed by atoms with Crippen molar-refractivity contribution in [2.45, 2.75) is 115 Å². The highest BCUT2D eigenvalue weighted by molar-refractivity contribution is 5.89. The molecule has 0 radical (unpaired) electrons. The number of hydrogen-bond donors (Lipinski definition) is 1. The first-order valence-corrected chi connectivity index (χ1v) is 13.2. The fourth-order valence-corrected chi connectivity index (χ4v) is 6.69. The quantitative estimate of drug-likeness (QED) is 0.242. The second-order valence-electron chi connectivity index (χ2n) is 11.5. The summed E-state index contributed by atoms with van der Waals surface area (Å²) < 4.78 is 29.4. The molecule has 0 aromatic heterocycles. The number of ether oxygens (including phenoxy) is 5. The van der Waals surface area contributed by atoms with Crippen LogP contribution in [-0.4, -0.2) is 70.2 Å². The maximum absolute atomic E-state index is 13.0. The number of epoxide rings is 1. The zero-order valence-electron chi connectivity index (χ0n) is 23.1. The van der Waals surface area contributed by atoms with Crippen LogP contribution in [0.4, 0.5) is 0 Å². The van der Waals surface area contributed by atoms with Crippen LogP contribution in [0.3, 0.4) is 0 Å². The van der Waals surface area contributed by atoms with Gasteiger partial charge in [-0.2, -0.15) is 0 Å². The second kappa shape index (κ2) is 9.48. The van der Waals surface area contributed by atoms with Crippen molar-refractivity contribution in [3.8, 4) is 0 Å². The zero-order chi connectivity index (χ0) is 28.3. The monoisotopic (exact) mass is 534 g/mol. The van der Waals surface area contributed by atoms with Gasteiger partial charge in [-0.25, -0.2) is 4.79 Å². The number of hydrogen-bond acceptors (Lipinski definition) is 10. The van der Waals surface area contributed by atoms with Gasteiger partial charge in [-0.3, -0.25) is 14.4 Å². The van der Waals surface area contributed by atoms with Gasteiger partial charge in [0.2, 0.25) is 0 Å². The first kappa shape index (κ1) is 28.3. The van der Waals surface area contributed by atoms with Crippen LogP contribution in [0.15, 0.2) is 23.8 Å². The fraction of sp³-hybridized carbons (Fsp3) is 0.714. The van der Waals surface area contributed by atoms with Crippen LogP contribution >= 0.6 is 0 Å². The molecule has 10 nitrogen and oxygen atoms in total. The van der Waals surface area contributed by atoms with E-state index in [0.717, 1.165) is 5.57 Å². The van der Waals surface area contributed by atoms with Crippen molar-refractivity contribution in [2.24, 2.45) is 11.3 Å². The van der Waals surface area contributed by atoms with Crippen LogP contribution in [0, 0.1) is 11.3 Å². The van der Waals surface area contributed by atoms with Crippen LogP contribution in [-0.2, 0) is 42.9 Å². The highest BCUT2D eigenvalue weighted by Gasteiger charge is 2.87. The van der Waals surface area contributed by atoms with Crippen molar-refractivity contribution in [1.82, 2.24) is 0 Å². The summed E-state index contributed by atoms with van der Waals surface area (Å²) in [6, 6.07) is 0. The zero-order valence-corrected chi connectivity index (χ0v) is 23.1. The number of aliphatic hydroxyl groups is 1. The lowest BCUT2D eigenvalue weighted by atomic mass is 9.55. The van der Waals surface area contributed by atoms with E-state index in [0.29, 0.717) is 19.3 Å². The predicted molar refractivity (Wildman–Crippen MR) is 132 cm³/mol. The molecule has 2 saturated heterocycles. The maximum Gasteiger partial charge on any atom is 0.342 e. The molecule has 0 amide bonds. The third-order valence-corrected chi connectivity index (χ3v) is 8.60. The van der Waals surface area contributed by atoms with E-state index in [1.807, 2.05) is 13.8 Å². The highest BCUT2D eigenvalue weighted by atomic mass is 16.7.